The zero-order chi connectivity index (χ0) is 29.4. The highest BCUT2D eigenvalue weighted by atomic mass is 35.5. The highest BCUT2D eigenvalue weighted by Gasteiger charge is 2.33. The Balaban J connectivity index is 2.07. The van der Waals surface area contributed by atoms with Gasteiger partial charge in [0.1, 0.15) is 18.3 Å². The molecule has 0 aliphatic heterocycles. The fourth-order valence-electron chi connectivity index (χ4n) is 4.33. The van der Waals surface area contributed by atoms with Crippen molar-refractivity contribution in [3.63, 3.8) is 0 Å². The van der Waals surface area contributed by atoms with E-state index in [1.807, 2.05) is 75.4 Å². The maximum atomic E-state index is 14.1. The van der Waals surface area contributed by atoms with Crippen LogP contribution < -0.4 is 14.4 Å². The van der Waals surface area contributed by atoms with E-state index in [2.05, 4.69) is 5.32 Å². The number of aryl methyl sites for hydroxylation is 1. The van der Waals surface area contributed by atoms with Crippen molar-refractivity contribution >= 4 is 39.1 Å². The number of benzene rings is 3. The van der Waals surface area contributed by atoms with E-state index < -0.39 is 28.5 Å². The second-order valence-electron chi connectivity index (χ2n) is 9.91. The van der Waals surface area contributed by atoms with E-state index in [1.165, 1.54) is 24.1 Å². The molecule has 10 heteroatoms. The first-order valence-electron chi connectivity index (χ1n) is 12.9. The maximum Gasteiger partial charge on any atom is 0.244 e. The van der Waals surface area contributed by atoms with Crippen LogP contribution in [0.2, 0.25) is 5.02 Å². The number of carbonyl (C=O) groups excluding carboxylic acids is 2. The molecule has 3 aromatic carbocycles. The molecule has 214 valence electrons. The first-order chi connectivity index (χ1) is 18.9. The number of carbonyl (C=O) groups is 2. The molecule has 3 aromatic rings. The molecule has 0 fully saturated rings. The molecule has 0 aromatic heterocycles. The first kappa shape index (κ1) is 31.0. The number of anilines is 1. The summed E-state index contributed by atoms with van der Waals surface area (Å²) >= 11 is 6.28. The molecule has 0 aliphatic rings. The number of amides is 2. The maximum absolute atomic E-state index is 14.1. The van der Waals surface area contributed by atoms with Crippen molar-refractivity contribution in [3.8, 4) is 5.75 Å². The Morgan fingerprint density at radius 1 is 1.00 bits per heavy atom. The second kappa shape index (κ2) is 13.7. The molecule has 0 bridgehead atoms. The topological polar surface area (TPSA) is 96.0 Å². The SMILES string of the molecule is COc1ccc(N(CC(=O)N(Cc2ccccc2C)[C@@H](Cc2ccccc2)C(=O)NC(C)C)S(C)(=O)=O)cc1Cl. The van der Waals surface area contributed by atoms with Crippen LogP contribution in [-0.2, 0) is 32.6 Å². The Morgan fingerprint density at radius 3 is 2.23 bits per heavy atom. The summed E-state index contributed by atoms with van der Waals surface area (Å²) in [6.45, 7) is 5.23. The van der Waals surface area contributed by atoms with Crippen LogP contribution in [0.3, 0.4) is 0 Å². The van der Waals surface area contributed by atoms with Gasteiger partial charge in [-0.05, 0) is 55.7 Å². The molecule has 0 unspecified atom stereocenters. The van der Waals surface area contributed by atoms with Gasteiger partial charge in [-0.25, -0.2) is 8.42 Å². The molecule has 40 heavy (non-hydrogen) atoms. The van der Waals surface area contributed by atoms with Gasteiger partial charge in [0.15, 0.2) is 0 Å². The fraction of sp³-hybridized carbons (Fsp3) is 0.333. The van der Waals surface area contributed by atoms with E-state index in [0.29, 0.717) is 5.75 Å². The molecule has 0 heterocycles. The monoisotopic (exact) mass is 585 g/mol. The van der Waals surface area contributed by atoms with Crippen molar-refractivity contribution in [2.24, 2.45) is 0 Å². The standard InChI is InChI=1S/C30H36ClN3O5S/c1-21(2)32-30(36)27(17-23-12-7-6-8-13-23)33(19-24-14-10-9-11-22(24)3)29(35)20-34(40(5,37)38)25-15-16-28(39-4)26(31)18-25/h6-16,18,21,27H,17,19-20H2,1-5H3,(H,32,36)/t27-/m0/s1. The number of hydrogen-bond donors (Lipinski definition) is 1. The molecule has 0 saturated carbocycles. The molecule has 0 saturated heterocycles. The van der Waals surface area contributed by atoms with Crippen molar-refractivity contribution in [2.75, 3.05) is 24.2 Å². The normalized spacial score (nSPS) is 12.1. The minimum atomic E-state index is -3.90. The second-order valence-corrected chi connectivity index (χ2v) is 12.2. The van der Waals surface area contributed by atoms with Crippen LogP contribution in [0.5, 0.6) is 5.75 Å². The molecule has 0 spiro atoms. The minimum absolute atomic E-state index is 0.121. The average Bonchev–Trinajstić information content (AvgIpc) is 2.89. The number of ether oxygens (including phenoxy) is 1. The zero-order valence-electron chi connectivity index (χ0n) is 23.4. The summed E-state index contributed by atoms with van der Waals surface area (Å²) in [5.74, 6) is -0.473. The van der Waals surface area contributed by atoms with Crippen molar-refractivity contribution in [1.29, 1.82) is 0 Å². The summed E-state index contributed by atoms with van der Waals surface area (Å²) in [6, 6.07) is 20.5. The Hall–Kier alpha value is -3.56. The molecule has 0 aliphatic carbocycles. The lowest BCUT2D eigenvalue weighted by molar-refractivity contribution is -0.140. The lowest BCUT2D eigenvalue weighted by Crippen LogP contribution is -2.54. The molecule has 8 nitrogen and oxygen atoms in total. The molecule has 2 amide bonds. The minimum Gasteiger partial charge on any atom is -0.495 e. The Bertz CT molecular complexity index is 1430. The molecular weight excluding hydrogens is 550 g/mol. The summed E-state index contributed by atoms with van der Waals surface area (Å²) in [6.07, 6.45) is 1.28. The average molecular weight is 586 g/mol. The molecule has 1 N–H and O–H groups in total. The summed E-state index contributed by atoms with van der Waals surface area (Å²) in [5, 5.41) is 3.14. The van der Waals surface area contributed by atoms with Crippen LogP contribution in [-0.4, -0.2) is 57.1 Å². The van der Waals surface area contributed by atoms with E-state index in [9.17, 15) is 18.0 Å². The predicted molar refractivity (Wildman–Crippen MR) is 159 cm³/mol. The highest BCUT2D eigenvalue weighted by Crippen LogP contribution is 2.30. The van der Waals surface area contributed by atoms with Crippen LogP contribution in [0.25, 0.3) is 0 Å². The Morgan fingerprint density at radius 2 is 1.65 bits per heavy atom. The van der Waals surface area contributed by atoms with E-state index in [-0.39, 0.29) is 35.6 Å². The van der Waals surface area contributed by atoms with E-state index in [0.717, 1.165) is 27.3 Å². The molecule has 1 atom stereocenters. The smallest absolute Gasteiger partial charge is 0.244 e. The van der Waals surface area contributed by atoms with Gasteiger partial charge in [0, 0.05) is 19.0 Å². The molecule has 0 radical (unpaired) electrons. The third-order valence-corrected chi connectivity index (χ3v) is 7.84. The number of sulfonamides is 1. The van der Waals surface area contributed by atoms with Crippen molar-refractivity contribution < 1.29 is 22.7 Å². The zero-order valence-corrected chi connectivity index (χ0v) is 25.0. The number of nitrogens with one attached hydrogen (secondary N) is 1. The summed E-state index contributed by atoms with van der Waals surface area (Å²) in [5.41, 5.74) is 2.88. The van der Waals surface area contributed by atoms with Crippen LogP contribution in [0.15, 0.2) is 72.8 Å². The van der Waals surface area contributed by atoms with Gasteiger partial charge in [-0.15, -0.1) is 0 Å². The van der Waals surface area contributed by atoms with Gasteiger partial charge in [0.25, 0.3) is 0 Å². The lowest BCUT2D eigenvalue weighted by Gasteiger charge is -2.34. The highest BCUT2D eigenvalue weighted by molar-refractivity contribution is 7.92. The third kappa shape index (κ3) is 8.22. The Labute approximate surface area is 241 Å². The van der Waals surface area contributed by atoms with Crippen molar-refractivity contribution in [2.45, 2.75) is 45.8 Å². The number of rotatable bonds is 12. The molecule has 3 rings (SSSR count). The Kier molecular flexibility index (Phi) is 10.6. The van der Waals surface area contributed by atoms with E-state index in [4.69, 9.17) is 16.3 Å². The largest absolute Gasteiger partial charge is 0.495 e. The summed E-state index contributed by atoms with van der Waals surface area (Å²) in [7, 11) is -2.45. The van der Waals surface area contributed by atoms with Crippen molar-refractivity contribution in [3.05, 3.63) is 94.5 Å². The first-order valence-corrected chi connectivity index (χ1v) is 15.1. The predicted octanol–water partition coefficient (Wildman–Crippen LogP) is 4.59. The van der Waals surface area contributed by atoms with Gasteiger partial charge >= 0.3 is 0 Å². The number of nitrogens with zero attached hydrogens (tertiary/aromatic N) is 2. The van der Waals surface area contributed by atoms with E-state index >= 15 is 0 Å². The van der Waals surface area contributed by atoms with Crippen LogP contribution in [0, 0.1) is 6.92 Å². The number of methoxy groups -OCH3 is 1. The van der Waals surface area contributed by atoms with Gasteiger partial charge in [0.2, 0.25) is 21.8 Å². The third-order valence-electron chi connectivity index (χ3n) is 6.41. The number of hydrogen-bond acceptors (Lipinski definition) is 5. The van der Waals surface area contributed by atoms with E-state index in [1.54, 1.807) is 6.07 Å². The van der Waals surface area contributed by atoms with Crippen molar-refractivity contribution in [1.82, 2.24) is 10.2 Å². The summed E-state index contributed by atoms with van der Waals surface area (Å²) in [4.78, 5) is 29.1. The number of halogens is 1. The summed E-state index contributed by atoms with van der Waals surface area (Å²) < 4.78 is 32.0. The van der Waals surface area contributed by atoms with Crippen LogP contribution >= 0.6 is 11.6 Å². The van der Waals surface area contributed by atoms with Gasteiger partial charge in [-0.2, -0.15) is 0 Å². The van der Waals surface area contributed by atoms with Gasteiger partial charge in [0.05, 0.1) is 24.1 Å². The van der Waals surface area contributed by atoms with Gasteiger partial charge < -0.3 is 15.0 Å². The molecular formula is C30H36ClN3O5S. The van der Waals surface area contributed by atoms with Crippen LogP contribution in [0.4, 0.5) is 5.69 Å². The van der Waals surface area contributed by atoms with Gasteiger partial charge in [-0.1, -0.05) is 66.2 Å². The quantitative estimate of drug-likeness (QED) is 0.335. The van der Waals surface area contributed by atoms with Crippen LogP contribution in [0.1, 0.15) is 30.5 Å². The lowest BCUT2D eigenvalue weighted by atomic mass is 10.0. The van der Waals surface area contributed by atoms with Gasteiger partial charge in [-0.3, -0.25) is 13.9 Å². The fourth-order valence-corrected chi connectivity index (χ4v) is 5.42.